The van der Waals surface area contributed by atoms with E-state index in [1.165, 1.54) is 0 Å². The largest absolute Gasteiger partial charge is 0.302 e. The number of carbonyl (C=O) groups excluding carboxylic acids is 1. The van der Waals surface area contributed by atoms with E-state index in [4.69, 9.17) is 23.2 Å². The second kappa shape index (κ2) is 7.88. The molecule has 2 heterocycles. The summed E-state index contributed by atoms with van der Waals surface area (Å²) in [6.07, 6.45) is 1.68. The maximum Gasteiger partial charge on any atom is 0.274 e. The van der Waals surface area contributed by atoms with Crippen LogP contribution in [0.25, 0.3) is 11.3 Å². The Kier molecular flexibility index (Phi) is 5.14. The van der Waals surface area contributed by atoms with Crippen molar-refractivity contribution in [3.05, 3.63) is 88.2 Å². The van der Waals surface area contributed by atoms with Gasteiger partial charge < -0.3 is 5.32 Å². The molecule has 0 unspecified atom stereocenters. The van der Waals surface area contributed by atoms with Crippen molar-refractivity contribution >= 4 is 34.9 Å². The van der Waals surface area contributed by atoms with E-state index >= 15 is 0 Å². The normalized spacial score (nSPS) is 10.8. The third-order valence-electron chi connectivity index (χ3n) is 4.10. The highest BCUT2D eigenvalue weighted by Gasteiger charge is 2.15. The van der Waals surface area contributed by atoms with Crippen LogP contribution in [-0.2, 0) is 6.54 Å². The van der Waals surface area contributed by atoms with Crippen LogP contribution in [0.3, 0.4) is 0 Å². The van der Waals surface area contributed by atoms with E-state index in [2.05, 4.69) is 20.6 Å². The lowest BCUT2D eigenvalue weighted by Gasteiger charge is -2.02. The van der Waals surface area contributed by atoms with Gasteiger partial charge in [-0.3, -0.25) is 14.6 Å². The van der Waals surface area contributed by atoms with Crippen molar-refractivity contribution in [3.63, 3.8) is 0 Å². The summed E-state index contributed by atoms with van der Waals surface area (Å²) >= 11 is 12.1. The van der Waals surface area contributed by atoms with Crippen molar-refractivity contribution in [3.8, 4) is 11.3 Å². The molecule has 4 rings (SSSR count). The minimum absolute atomic E-state index is 0.297. The van der Waals surface area contributed by atoms with Gasteiger partial charge in [0.1, 0.15) is 10.7 Å². The molecular weight excluding hydrogens is 397 g/mol. The molecule has 0 atom stereocenters. The molecule has 0 spiro atoms. The Morgan fingerprint density at radius 1 is 1.07 bits per heavy atom. The van der Waals surface area contributed by atoms with E-state index in [1.54, 1.807) is 29.1 Å². The first-order valence-corrected chi connectivity index (χ1v) is 9.23. The predicted octanol–water partition coefficient (Wildman–Crippen LogP) is 4.88. The Labute approximate surface area is 171 Å². The van der Waals surface area contributed by atoms with Gasteiger partial charge >= 0.3 is 0 Å². The molecular formula is C20H15Cl2N5O. The molecule has 4 aromatic rings. The maximum absolute atomic E-state index is 12.5. The molecule has 0 aliphatic heterocycles. The van der Waals surface area contributed by atoms with E-state index in [9.17, 15) is 4.79 Å². The predicted molar refractivity (Wildman–Crippen MR) is 110 cm³/mol. The van der Waals surface area contributed by atoms with Crippen LogP contribution in [0.2, 0.25) is 10.0 Å². The van der Waals surface area contributed by atoms with Crippen LogP contribution in [0.4, 0.5) is 5.82 Å². The zero-order valence-electron chi connectivity index (χ0n) is 14.6. The van der Waals surface area contributed by atoms with E-state index in [0.29, 0.717) is 33.8 Å². The molecule has 0 aliphatic rings. The Balaban J connectivity index is 1.47. The van der Waals surface area contributed by atoms with E-state index in [-0.39, 0.29) is 5.91 Å². The van der Waals surface area contributed by atoms with Crippen molar-refractivity contribution in [2.75, 3.05) is 5.32 Å². The third-order valence-corrected chi connectivity index (χ3v) is 4.63. The van der Waals surface area contributed by atoms with Crippen molar-refractivity contribution in [2.24, 2.45) is 0 Å². The topological polar surface area (TPSA) is 75.6 Å². The van der Waals surface area contributed by atoms with Gasteiger partial charge in [0.25, 0.3) is 5.91 Å². The van der Waals surface area contributed by atoms with Crippen LogP contribution in [0.15, 0.2) is 66.9 Å². The highest BCUT2D eigenvalue weighted by atomic mass is 35.5. The number of aromatic nitrogens is 4. The van der Waals surface area contributed by atoms with Crippen molar-refractivity contribution in [2.45, 2.75) is 6.54 Å². The molecule has 6 nitrogen and oxygen atoms in total. The summed E-state index contributed by atoms with van der Waals surface area (Å²) in [6, 6.07) is 18.7. The summed E-state index contributed by atoms with van der Waals surface area (Å²) in [5, 5.41) is 15.0. The van der Waals surface area contributed by atoms with E-state index in [1.807, 2.05) is 42.5 Å². The fourth-order valence-electron chi connectivity index (χ4n) is 2.71. The summed E-state index contributed by atoms with van der Waals surface area (Å²) in [4.78, 5) is 12.5. The summed E-state index contributed by atoms with van der Waals surface area (Å²) in [5.41, 5.74) is 2.88. The lowest BCUT2D eigenvalue weighted by atomic mass is 10.1. The average molecular weight is 412 g/mol. The van der Waals surface area contributed by atoms with Crippen molar-refractivity contribution < 1.29 is 4.79 Å². The number of carbonyl (C=O) groups is 1. The minimum Gasteiger partial charge on any atom is -0.302 e. The number of halogens is 2. The average Bonchev–Trinajstić information content (AvgIpc) is 3.31. The lowest BCUT2D eigenvalue weighted by Crippen LogP contribution is -2.13. The number of rotatable bonds is 5. The van der Waals surface area contributed by atoms with Gasteiger partial charge in [-0.05, 0) is 23.8 Å². The summed E-state index contributed by atoms with van der Waals surface area (Å²) in [5.74, 6) is -0.0789. The van der Waals surface area contributed by atoms with Gasteiger partial charge in [-0.2, -0.15) is 10.2 Å². The van der Waals surface area contributed by atoms with Gasteiger partial charge in [0.15, 0.2) is 5.82 Å². The molecule has 0 fully saturated rings. The first-order chi connectivity index (χ1) is 13.6. The number of aromatic amines is 1. The summed E-state index contributed by atoms with van der Waals surface area (Å²) in [6.45, 7) is 0.557. The van der Waals surface area contributed by atoms with Gasteiger partial charge in [0.2, 0.25) is 0 Å². The first kappa shape index (κ1) is 18.3. The van der Waals surface area contributed by atoms with Crippen molar-refractivity contribution in [1.29, 1.82) is 0 Å². The monoisotopic (exact) mass is 411 g/mol. The molecule has 0 bridgehead atoms. The summed E-state index contributed by atoms with van der Waals surface area (Å²) in [7, 11) is 0. The summed E-state index contributed by atoms with van der Waals surface area (Å²) < 4.78 is 1.68. The van der Waals surface area contributed by atoms with Crippen LogP contribution in [0.5, 0.6) is 0 Å². The highest BCUT2D eigenvalue weighted by molar-refractivity contribution is 6.33. The lowest BCUT2D eigenvalue weighted by molar-refractivity contribution is 0.102. The zero-order valence-corrected chi connectivity index (χ0v) is 16.1. The molecule has 140 valence electrons. The van der Waals surface area contributed by atoms with Crippen LogP contribution >= 0.6 is 23.2 Å². The van der Waals surface area contributed by atoms with Gasteiger partial charge in [-0.25, -0.2) is 0 Å². The second-order valence-electron chi connectivity index (χ2n) is 6.14. The van der Waals surface area contributed by atoms with Crippen LogP contribution in [-0.4, -0.2) is 25.9 Å². The number of amides is 1. The Morgan fingerprint density at radius 3 is 2.57 bits per heavy atom. The Bertz CT molecular complexity index is 1100. The van der Waals surface area contributed by atoms with Gasteiger partial charge in [0.05, 0.1) is 12.2 Å². The number of nitrogens with zero attached hydrogens (tertiary/aromatic N) is 3. The number of H-pyrrole nitrogens is 1. The standard InChI is InChI=1S/C20H15Cl2N5O/c21-15-8-6-14(7-9-15)17-10-18(25-24-17)20(28)23-19-16(22)12-27(26-19)11-13-4-2-1-3-5-13/h1-10,12H,11H2,(H,24,25)(H,23,26,28). The fourth-order valence-corrected chi connectivity index (χ4v) is 3.04. The van der Waals surface area contributed by atoms with Gasteiger partial charge in [0, 0.05) is 16.8 Å². The van der Waals surface area contributed by atoms with Crippen LogP contribution in [0, 0.1) is 0 Å². The smallest absolute Gasteiger partial charge is 0.274 e. The minimum atomic E-state index is -0.375. The maximum atomic E-state index is 12.5. The van der Waals surface area contributed by atoms with Crippen LogP contribution in [0.1, 0.15) is 16.1 Å². The zero-order chi connectivity index (χ0) is 19.5. The molecule has 0 saturated carbocycles. The molecule has 2 N–H and O–H groups in total. The molecule has 28 heavy (non-hydrogen) atoms. The molecule has 8 heteroatoms. The highest BCUT2D eigenvalue weighted by Crippen LogP contribution is 2.23. The first-order valence-electron chi connectivity index (χ1n) is 8.48. The number of anilines is 1. The SMILES string of the molecule is O=C(Nc1nn(Cc2ccccc2)cc1Cl)c1cc(-c2ccc(Cl)cc2)n[nH]1. The van der Waals surface area contributed by atoms with Crippen molar-refractivity contribution in [1.82, 2.24) is 20.0 Å². The number of hydrogen-bond acceptors (Lipinski definition) is 3. The quantitative estimate of drug-likeness (QED) is 0.491. The number of hydrogen-bond donors (Lipinski definition) is 2. The molecule has 0 aliphatic carbocycles. The number of benzene rings is 2. The fraction of sp³-hybridized carbons (Fsp3) is 0.0500. The molecule has 2 aromatic carbocycles. The molecule has 0 radical (unpaired) electrons. The van der Waals surface area contributed by atoms with Crippen LogP contribution < -0.4 is 5.32 Å². The van der Waals surface area contributed by atoms with Gasteiger partial charge in [-0.1, -0.05) is 65.7 Å². The number of nitrogens with one attached hydrogen (secondary N) is 2. The Morgan fingerprint density at radius 2 is 1.82 bits per heavy atom. The van der Waals surface area contributed by atoms with E-state index < -0.39 is 0 Å². The van der Waals surface area contributed by atoms with E-state index in [0.717, 1.165) is 11.1 Å². The van der Waals surface area contributed by atoms with Gasteiger partial charge in [-0.15, -0.1) is 0 Å². The molecule has 2 aromatic heterocycles. The Hall–Kier alpha value is -3.09. The third kappa shape index (κ3) is 4.08. The second-order valence-corrected chi connectivity index (χ2v) is 6.98. The molecule has 1 amide bonds. The molecule has 0 saturated heterocycles.